The van der Waals surface area contributed by atoms with E-state index in [2.05, 4.69) is 36.1 Å². The SMILES string of the molecule is C[C@@H]1CCC[C@@H]1OC[C@H](O)CN1CCc2ccccc2C1. The third kappa shape index (κ3) is 3.85. The summed E-state index contributed by atoms with van der Waals surface area (Å²) >= 11 is 0. The van der Waals surface area contributed by atoms with Gasteiger partial charge in [0.15, 0.2) is 0 Å². The highest BCUT2D eigenvalue weighted by molar-refractivity contribution is 5.29. The molecular weight excluding hydrogens is 262 g/mol. The Labute approximate surface area is 127 Å². The summed E-state index contributed by atoms with van der Waals surface area (Å²) in [6, 6.07) is 8.63. The molecule has 0 radical (unpaired) electrons. The van der Waals surface area contributed by atoms with Gasteiger partial charge in [-0.25, -0.2) is 0 Å². The van der Waals surface area contributed by atoms with Crippen molar-refractivity contribution in [2.45, 2.75) is 51.4 Å². The first-order chi connectivity index (χ1) is 10.2. The molecule has 1 heterocycles. The topological polar surface area (TPSA) is 32.7 Å². The second-order valence-electron chi connectivity index (χ2n) is 6.69. The minimum Gasteiger partial charge on any atom is -0.389 e. The van der Waals surface area contributed by atoms with Gasteiger partial charge in [0.25, 0.3) is 0 Å². The van der Waals surface area contributed by atoms with E-state index in [1.54, 1.807) is 0 Å². The molecule has 1 aliphatic carbocycles. The van der Waals surface area contributed by atoms with Crippen LogP contribution in [-0.2, 0) is 17.7 Å². The van der Waals surface area contributed by atoms with Crippen molar-refractivity contribution in [3.63, 3.8) is 0 Å². The highest BCUT2D eigenvalue weighted by atomic mass is 16.5. The molecule has 3 rings (SSSR count). The van der Waals surface area contributed by atoms with Crippen molar-refractivity contribution in [3.8, 4) is 0 Å². The number of benzene rings is 1. The van der Waals surface area contributed by atoms with Gasteiger partial charge in [-0.2, -0.15) is 0 Å². The van der Waals surface area contributed by atoms with Crippen LogP contribution in [0.3, 0.4) is 0 Å². The largest absolute Gasteiger partial charge is 0.389 e. The Hall–Kier alpha value is -0.900. The summed E-state index contributed by atoms with van der Waals surface area (Å²) in [6.07, 6.45) is 4.77. The minimum atomic E-state index is -0.372. The standard InChI is InChI=1S/C18H27NO2/c1-14-5-4-8-18(14)21-13-17(20)12-19-10-9-15-6-2-3-7-16(15)11-19/h2-3,6-7,14,17-18,20H,4-5,8-13H2,1H3/t14-,17-,18+/m1/s1. The number of ether oxygens (including phenoxy) is 1. The van der Waals surface area contributed by atoms with E-state index in [0.717, 1.165) is 32.5 Å². The fraction of sp³-hybridized carbons (Fsp3) is 0.667. The lowest BCUT2D eigenvalue weighted by Crippen LogP contribution is -2.39. The Morgan fingerprint density at radius 3 is 2.86 bits per heavy atom. The summed E-state index contributed by atoms with van der Waals surface area (Å²) in [5.74, 6) is 0.652. The van der Waals surface area contributed by atoms with Crippen LogP contribution in [0, 0.1) is 5.92 Å². The molecule has 0 saturated heterocycles. The maximum atomic E-state index is 10.2. The summed E-state index contributed by atoms with van der Waals surface area (Å²) in [5.41, 5.74) is 2.86. The van der Waals surface area contributed by atoms with Gasteiger partial charge in [-0.1, -0.05) is 37.6 Å². The zero-order valence-corrected chi connectivity index (χ0v) is 13.0. The molecule has 0 amide bonds. The van der Waals surface area contributed by atoms with E-state index >= 15 is 0 Å². The van der Waals surface area contributed by atoms with Crippen LogP contribution in [0.5, 0.6) is 0 Å². The number of hydrogen-bond acceptors (Lipinski definition) is 3. The zero-order chi connectivity index (χ0) is 14.7. The van der Waals surface area contributed by atoms with E-state index < -0.39 is 0 Å². The van der Waals surface area contributed by atoms with Crippen molar-refractivity contribution < 1.29 is 9.84 Å². The predicted molar refractivity (Wildman–Crippen MR) is 84.2 cm³/mol. The Balaban J connectivity index is 1.44. The second-order valence-corrected chi connectivity index (χ2v) is 6.69. The van der Waals surface area contributed by atoms with E-state index in [9.17, 15) is 5.11 Å². The van der Waals surface area contributed by atoms with Gasteiger partial charge in [-0.05, 0) is 36.3 Å². The molecule has 1 fully saturated rings. The van der Waals surface area contributed by atoms with Gasteiger partial charge in [-0.3, -0.25) is 4.90 Å². The first-order valence-electron chi connectivity index (χ1n) is 8.31. The average Bonchev–Trinajstić information content (AvgIpc) is 2.90. The van der Waals surface area contributed by atoms with Gasteiger partial charge < -0.3 is 9.84 Å². The molecule has 1 N–H and O–H groups in total. The number of aliphatic hydroxyl groups excluding tert-OH is 1. The molecule has 1 aromatic rings. The Morgan fingerprint density at radius 1 is 1.29 bits per heavy atom. The number of β-amino-alcohol motifs (C(OH)–C–C–N with tert-alkyl or cyclic N) is 1. The molecule has 3 nitrogen and oxygen atoms in total. The normalized spacial score (nSPS) is 27.5. The van der Waals surface area contributed by atoms with Crippen LogP contribution < -0.4 is 0 Å². The van der Waals surface area contributed by atoms with Gasteiger partial charge in [0.2, 0.25) is 0 Å². The highest BCUT2D eigenvalue weighted by Gasteiger charge is 2.25. The summed E-state index contributed by atoms with van der Waals surface area (Å²) in [7, 11) is 0. The molecule has 116 valence electrons. The fourth-order valence-electron chi connectivity index (χ4n) is 3.65. The minimum absolute atomic E-state index is 0.363. The lowest BCUT2D eigenvalue weighted by Gasteiger charge is -2.30. The Bertz CT molecular complexity index is 462. The van der Waals surface area contributed by atoms with E-state index in [1.165, 1.54) is 24.0 Å². The Kier molecular flexibility index (Phi) is 4.94. The number of hydrogen-bond donors (Lipinski definition) is 1. The lowest BCUT2D eigenvalue weighted by atomic mass is 10.00. The molecule has 21 heavy (non-hydrogen) atoms. The first kappa shape index (κ1) is 15.0. The van der Waals surface area contributed by atoms with Crippen LogP contribution >= 0.6 is 0 Å². The zero-order valence-electron chi connectivity index (χ0n) is 13.0. The molecule has 2 aliphatic rings. The molecule has 0 bridgehead atoms. The van der Waals surface area contributed by atoms with Crippen molar-refractivity contribution in [2.75, 3.05) is 19.7 Å². The Morgan fingerprint density at radius 2 is 2.10 bits per heavy atom. The van der Waals surface area contributed by atoms with Gasteiger partial charge in [0, 0.05) is 19.6 Å². The van der Waals surface area contributed by atoms with Gasteiger partial charge in [-0.15, -0.1) is 0 Å². The fourth-order valence-corrected chi connectivity index (χ4v) is 3.65. The molecule has 1 saturated carbocycles. The first-order valence-corrected chi connectivity index (χ1v) is 8.31. The van der Waals surface area contributed by atoms with Crippen LogP contribution in [0.1, 0.15) is 37.3 Å². The quantitative estimate of drug-likeness (QED) is 0.904. The summed E-state index contributed by atoms with van der Waals surface area (Å²) in [4.78, 5) is 2.34. The molecule has 0 spiro atoms. The molecule has 1 aromatic carbocycles. The second kappa shape index (κ2) is 6.91. The van der Waals surface area contributed by atoms with Crippen LogP contribution in [0.15, 0.2) is 24.3 Å². The van der Waals surface area contributed by atoms with Gasteiger partial charge in [0.1, 0.15) is 0 Å². The third-order valence-electron chi connectivity index (χ3n) is 4.96. The molecule has 0 aromatic heterocycles. The van der Waals surface area contributed by atoms with E-state index in [1.807, 2.05) is 0 Å². The molecule has 0 unspecified atom stereocenters. The molecule has 3 atom stereocenters. The maximum Gasteiger partial charge on any atom is 0.0900 e. The van der Waals surface area contributed by atoms with Gasteiger partial charge in [0.05, 0.1) is 18.8 Å². The molecule has 1 aliphatic heterocycles. The van der Waals surface area contributed by atoms with E-state index in [0.29, 0.717) is 18.6 Å². The van der Waals surface area contributed by atoms with Crippen molar-refractivity contribution in [1.82, 2.24) is 4.90 Å². The summed E-state index contributed by atoms with van der Waals surface area (Å²) in [6.45, 7) is 5.44. The molecule has 3 heteroatoms. The number of fused-ring (bicyclic) bond motifs is 1. The number of aliphatic hydroxyl groups is 1. The summed E-state index contributed by atoms with van der Waals surface area (Å²) < 4.78 is 5.91. The number of nitrogens with zero attached hydrogens (tertiary/aromatic N) is 1. The third-order valence-corrected chi connectivity index (χ3v) is 4.96. The monoisotopic (exact) mass is 289 g/mol. The van der Waals surface area contributed by atoms with Crippen molar-refractivity contribution in [3.05, 3.63) is 35.4 Å². The van der Waals surface area contributed by atoms with Crippen LogP contribution in [-0.4, -0.2) is 41.9 Å². The lowest BCUT2D eigenvalue weighted by molar-refractivity contribution is -0.0329. The van der Waals surface area contributed by atoms with Crippen molar-refractivity contribution in [1.29, 1.82) is 0 Å². The van der Waals surface area contributed by atoms with Crippen molar-refractivity contribution >= 4 is 0 Å². The highest BCUT2D eigenvalue weighted by Crippen LogP contribution is 2.27. The van der Waals surface area contributed by atoms with E-state index in [-0.39, 0.29) is 6.10 Å². The van der Waals surface area contributed by atoms with Crippen LogP contribution in [0.4, 0.5) is 0 Å². The smallest absolute Gasteiger partial charge is 0.0900 e. The molecular formula is C18H27NO2. The summed E-state index contributed by atoms with van der Waals surface area (Å²) in [5, 5.41) is 10.2. The average molecular weight is 289 g/mol. The number of rotatable bonds is 5. The van der Waals surface area contributed by atoms with Gasteiger partial charge >= 0.3 is 0 Å². The van der Waals surface area contributed by atoms with Crippen LogP contribution in [0.2, 0.25) is 0 Å². The van der Waals surface area contributed by atoms with Crippen molar-refractivity contribution in [2.24, 2.45) is 5.92 Å². The maximum absolute atomic E-state index is 10.2. The van der Waals surface area contributed by atoms with Crippen LogP contribution in [0.25, 0.3) is 0 Å². The predicted octanol–water partition coefficient (Wildman–Crippen LogP) is 2.61. The van der Waals surface area contributed by atoms with E-state index in [4.69, 9.17) is 4.74 Å².